The van der Waals surface area contributed by atoms with Gasteiger partial charge < -0.3 is 20.5 Å². The quantitative estimate of drug-likeness (QED) is 0.751. The number of carbonyl (C=O) groups excluding carboxylic acids is 2. The molecule has 0 saturated heterocycles. The molecular weight excluding hydrogens is 320 g/mol. The molecular formula is C18H24N4O3. The van der Waals surface area contributed by atoms with E-state index in [1.165, 1.54) is 0 Å². The van der Waals surface area contributed by atoms with Gasteiger partial charge in [0.05, 0.1) is 18.2 Å². The Bertz CT molecular complexity index is 718. The van der Waals surface area contributed by atoms with E-state index in [-0.39, 0.29) is 18.0 Å². The number of urea groups is 1. The fraction of sp³-hybridized carbons (Fsp3) is 0.389. The maximum atomic E-state index is 12.3. The minimum absolute atomic E-state index is 0.0521. The lowest BCUT2D eigenvalue weighted by Gasteiger charge is -2.17. The zero-order valence-corrected chi connectivity index (χ0v) is 15.0. The van der Waals surface area contributed by atoms with E-state index >= 15 is 0 Å². The van der Waals surface area contributed by atoms with Crippen molar-refractivity contribution in [1.29, 1.82) is 0 Å². The maximum Gasteiger partial charge on any atom is 0.319 e. The largest absolute Gasteiger partial charge is 0.361 e. The van der Waals surface area contributed by atoms with Gasteiger partial charge in [0.2, 0.25) is 5.91 Å². The fourth-order valence-corrected chi connectivity index (χ4v) is 2.67. The van der Waals surface area contributed by atoms with Crippen LogP contribution in [0.15, 0.2) is 28.8 Å². The number of benzene rings is 1. The lowest BCUT2D eigenvalue weighted by Crippen LogP contribution is -2.32. The van der Waals surface area contributed by atoms with Gasteiger partial charge in [0.15, 0.2) is 0 Å². The Morgan fingerprint density at radius 1 is 1.20 bits per heavy atom. The summed E-state index contributed by atoms with van der Waals surface area (Å²) in [5.41, 5.74) is 3.24. The molecule has 0 spiro atoms. The Hall–Kier alpha value is -2.83. The average Bonchev–Trinajstić information content (AvgIpc) is 2.93. The normalized spacial score (nSPS) is 11.7. The number of rotatable bonds is 6. The molecule has 0 aliphatic carbocycles. The molecule has 0 saturated carbocycles. The van der Waals surface area contributed by atoms with Gasteiger partial charge in [-0.2, -0.15) is 0 Å². The molecule has 3 N–H and O–H groups in total. The Labute approximate surface area is 147 Å². The molecule has 1 atom stereocenters. The van der Waals surface area contributed by atoms with E-state index in [9.17, 15) is 9.59 Å². The molecule has 1 aromatic heterocycles. The van der Waals surface area contributed by atoms with E-state index < -0.39 is 0 Å². The van der Waals surface area contributed by atoms with Crippen LogP contribution in [0, 0.1) is 13.8 Å². The summed E-state index contributed by atoms with van der Waals surface area (Å²) in [7, 11) is 1.60. The van der Waals surface area contributed by atoms with Gasteiger partial charge in [-0.3, -0.25) is 4.79 Å². The number of carbonyl (C=O) groups is 2. The van der Waals surface area contributed by atoms with Gasteiger partial charge in [-0.15, -0.1) is 0 Å². The lowest BCUT2D eigenvalue weighted by molar-refractivity contribution is -0.119. The molecule has 2 rings (SSSR count). The Morgan fingerprint density at radius 3 is 2.40 bits per heavy atom. The molecule has 1 heterocycles. The number of nitrogens with zero attached hydrogens (tertiary/aromatic N) is 1. The SMILES string of the molecule is CC[C@@H](NC(=O)Nc1ccc(CC(=O)NC)cc1)c1c(C)noc1C. The van der Waals surface area contributed by atoms with E-state index in [0.717, 1.165) is 23.2 Å². The van der Waals surface area contributed by atoms with Crippen molar-refractivity contribution < 1.29 is 14.1 Å². The van der Waals surface area contributed by atoms with Gasteiger partial charge in [-0.05, 0) is 38.0 Å². The second-order valence-electron chi connectivity index (χ2n) is 5.84. The minimum atomic E-state index is -0.300. The lowest BCUT2D eigenvalue weighted by atomic mass is 10.0. The molecule has 0 radical (unpaired) electrons. The zero-order valence-electron chi connectivity index (χ0n) is 15.0. The molecule has 7 heteroatoms. The number of nitrogens with one attached hydrogen (secondary N) is 3. The van der Waals surface area contributed by atoms with Crippen molar-refractivity contribution in [2.75, 3.05) is 12.4 Å². The highest BCUT2D eigenvalue weighted by molar-refractivity contribution is 5.89. The third kappa shape index (κ3) is 4.82. The smallest absolute Gasteiger partial charge is 0.319 e. The number of aromatic nitrogens is 1. The van der Waals surface area contributed by atoms with Crippen LogP contribution in [0.1, 0.15) is 42.0 Å². The molecule has 2 aromatic rings. The van der Waals surface area contributed by atoms with E-state index in [2.05, 4.69) is 21.1 Å². The number of amides is 3. The molecule has 3 amide bonds. The average molecular weight is 344 g/mol. The molecule has 7 nitrogen and oxygen atoms in total. The molecule has 0 fully saturated rings. The summed E-state index contributed by atoms with van der Waals surface area (Å²) in [6.45, 7) is 5.69. The van der Waals surface area contributed by atoms with E-state index in [1.807, 2.05) is 32.9 Å². The summed E-state index contributed by atoms with van der Waals surface area (Å²) >= 11 is 0. The van der Waals surface area contributed by atoms with Gasteiger partial charge in [-0.1, -0.05) is 24.2 Å². The molecule has 25 heavy (non-hydrogen) atoms. The van der Waals surface area contributed by atoms with Gasteiger partial charge in [0, 0.05) is 18.3 Å². The van der Waals surface area contributed by atoms with Gasteiger partial charge in [0.1, 0.15) is 5.76 Å². The fourth-order valence-electron chi connectivity index (χ4n) is 2.67. The van der Waals surface area contributed by atoms with E-state index in [4.69, 9.17) is 4.52 Å². The van der Waals surface area contributed by atoms with Gasteiger partial charge >= 0.3 is 6.03 Å². The van der Waals surface area contributed by atoms with Crippen molar-refractivity contribution >= 4 is 17.6 Å². The summed E-state index contributed by atoms with van der Waals surface area (Å²) in [6.07, 6.45) is 1.04. The predicted octanol–water partition coefficient (Wildman–Crippen LogP) is 2.85. The van der Waals surface area contributed by atoms with Crippen molar-refractivity contribution in [3.05, 3.63) is 46.8 Å². The van der Waals surface area contributed by atoms with Crippen LogP contribution in [0.25, 0.3) is 0 Å². The Kier molecular flexibility index (Phi) is 6.16. The van der Waals surface area contributed by atoms with Crippen LogP contribution in [0.2, 0.25) is 0 Å². The summed E-state index contributed by atoms with van der Waals surface area (Å²) < 4.78 is 5.18. The standard InChI is InChI=1S/C18H24N4O3/c1-5-15(17-11(2)22-25-12(17)3)21-18(24)20-14-8-6-13(7-9-14)10-16(23)19-4/h6-9,15H,5,10H2,1-4H3,(H,19,23)(H2,20,21,24)/t15-/m1/s1. The monoisotopic (exact) mass is 344 g/mol. The van der Waals surface area contributed by atoms with E-state index in [0.29, 0.717) is 17.9 Å². The molecule has 0 aliphatic rings. The summed E-state index contributed by atoms with van der Waals surface area (Å²) in [5, 5.41) is 12.3. The number of anilines is 1. The van der Waals surface area contributed by atoms with Crippen LogP contribution >= 0.6 is 0 Å². The minimum Gasteiger partial charge on any atom is -0.361 e. The van der Waals surface area contributed by atoms with Gasteiger partial charge in [-0.25, -0.2) is 4.79 Å². The van der Waals surface area contributed by atoms with Crippen molar-refractivity contribution in [3.8, 4) is 0 Å². The maximum absolute atomic E-state index is 12.3. The van der Waals surface area contributed by atoms with Gasteiger partial charge in [0.25, 0.3) is 0 Å². The first-order valence-electron chi connectivity index (χ1n) is 8.24. The van der Waals surface area contributed by atoms with Crippen LogP contribution in [0.5, 0.6) is 0 Å². The first-order valence-corrected chi connectivity index (χ1v) is 8.24. The van der Waals surface area contributed by atoms with Crippen LogP contribution in [0.4, 0.5) is 10.5 Å². The van der Waals surface area contributed by atoms with Crippen LogP contribution in [0.3, 0.4) is 0 Å². The van der Waals surface area contributed by atoms with Crippen molar-refractivity contribution in [2.45, 2.75) is 39.7 Å². The highest BCUT2D eigenvalue weighted by atomic mass is 16.5. The van der Waals surface area contributed by atoms with Crippen molar-refractivity contribution in [3.63, 3.8) is 0 Å². The second-order valence-corrected chi connectivity index (χ2v) is 5.84. The third-order valence-electron chi connectivity index (χ3n) is 4.01. The zero-order chi connectivity index (χ0) is 18.4. The predicted molar refractivity (Wildman–Crippen MR) is 95.4 cm³/mol. The van der Waals surface area contributed by atoms with E-state index in [1.54, 1.807) is 19.2 Å². The van der Waals surface area contributed by atoms with Crippen LogP contribution in [-0.4, -0.2) is 24.1 Å². The molecule has 0 aliphatic heterocycles. The molecule has 0 bridgehead atoms. The first kappa shape index (κ1) is 18.5. The Balaban J connectivity index is 1.98. The number of aryl methyl sites for hydroxylation is 2. The first-order chi connectivity index (χ1) is 11.9. The Morgan fingerprint density at radius 2 is 1.88 bits per heavy atom. The van der Waals surface area contributed by atoms with Crippen molar-refractivity contribution in [2.24, 2.45) is 0 Å². The number of likely N-dealkylation sites (N-methyl/N-ethyl adjacent to an activating group) is 1. The third-order valence-corrected chi connectivity index (χ3v) is 4.01. The summed E-state index contributed by atoms with van der Waals surface area (Å²) in [5.74, 6) is 0.659. The highest BCUT2D eigenvalue weighted by Gasteiger charge is 2.20. The van der Waals surface area contributed by atoms with Crippen LogP contribution < -0.4 is 16.0 Å². The second kappa shape index (κ2) is 8.32. The topological polar surface area (TPSA) is 96.3 Å². The van der Waals surface area contributed by atoms with Crippen LogP contribution in [-0.2, 0) is 11.2 Å². The molecule has 134 valence electrons. The summed E-state index contributed by atoms with van der Waals surface area (Å²) in [4.78, 5) is 23.6. The summed E-state index contributed by atoms with van der Waals surface area (Å²) in [6, 6.07) is 6.71. The molecule has 0 unspecified atom stereocenters. The highest BCUT2D eigenvalue weighted by Crippen LogP contribution is 2.24. The molecule has 1 aromatic carbocycles. The number of hydrogen-bond donors (Lipinski definition) is 3. The van der Waals surface area contributed by atoms with Crippen molar-refractivity contribution in [1.82, 2.24) is 15.8 Å². The number of hydrogen-bond acceptors (Lipinski definition) is 4.